The minimum Gasteiger partial charge on any atom is -0.487 e. The maximum atomic E-state index is 13.9. The minimum absolute atomic E-state index is 0.0779. The van der Waals surface area contributed by atoms with Crippen LogP contribution in [0, 0.1) is 11.8 Å². The van der Waals surface area contributed by atoms with E-state index in [1.54, 1.807) is 26.0 Å². The Labute approximate surface area is 214 Å². The number of carbonyl (C=O) groups is 4. The second kappa shape index (κ2) is 9.91. The summed E-state index contributed by atoms with van der Waals surface area (Å²) in [6.07, 6.45) is 2.26. The summed E-state index contributed by atoms with van der Waals surface area (Å²) in [4.78, 5) is 52.0. The molecule has 10 nitrogen and oxygen atoms in total. The third-order valence-electron chi connectivity index (χ3n) is 7.52. The van der Waals surface area contributed by atoms with Crippen LogP contribution in [0.1, 0.15) is 51.3 Å². The number of ether oxygens (including phenoxy) is 6. The van der Waals surface area contributed by atoms with Crippen molar-refractivity contribution in [2.45, 2.75) is 45.6 Å². The molecule has 2 aliphatic heterocycles. The van der Waals surface area contributed by atoms with Crippen LogP contribution in [0.25, 0.3) is 0 Å². The van der Waals surface area contributed by atoms with Crippen LogP contribution in [-0.2, 0) is 38.8 Å². The maximum absolute atomic E-state index is 13.9. The molecule has 0 saturated carbocycles. The van der Waals surface area contributed by atoms with Crippen LogP contribution in [-0.4, -0.2) is 51.3 Å². The summed E-state index contributed by atoms with van der Waals surface area (Å²) in [5, 5.41) is 0. The van der Waals surface area contributed by atoms with E-state index in [-0.39, 0.29) is 48.7 Å². The molecule has 10 heteroatoms. The Morgan fingerprint density at radius 1 is 1.03 bits per heavy atom. The zero-order valence-electron chi connectivity index (χ0n) is 21.7. The maximum Gasteiger partial charge on any atom is 0.375 e. The zero-order chi connectivity index (χ0) is 27.1. The van der Waals surface area contributed by atoms with Gasteiger partial charge >= 0.3 is 17.9 Å². The van der Waals surface area contributed by atoms with Gasteiger partial charge in [-0.05, 0) is 37.8 Å². The predicted molar refractivity (Wildman–Crippen MR) is 128 cm³/mol. The summed E-state index contributed by atoms with van der Waals surface area (Å²) in [7, 11) is 2.33. The number of benzene rings is 1. The summed E-state index contributed by atoms with van der Waals surface area (Å²) >= 11 is 0. The highest BCUT2D eigenvalue weighted by Crippen LogP contribution is 2.59. The van der Waals surface area contributed by atoms with Crippen molar-refractivity contribution in [1.29, 1.82) is 0 Å². The Bertz CT molecular complexity index is 1230. The molecular formula is C27H30O10. The first-order valence-electron chi connectivity index (χ1n) is 12.0. The van der Waals surface area contributed by atoms with Gasteiger partial charge in [0.05, 0.1) is 14.2 Å². The van der Waals surface area contributed by atoms with E-state index in [2.05, 4.69) is 0 Å². The third kappa shape index (κ3) is 4.14. The molecule has 1 aromatic rings. The van der Waals surface area contributed by atoms with Gasteiger partial charge in [-0.1, -0.05) is 19.9 Å². The van der Waals surface area contributed by atoms with Gasteiger partial charge in [0.15, 0.2) is 11.5 Å². The van der Waals surface area contributed by atoms with E-state index >= 15 is 0 Å². The first-order chi connectivity index (χ1) is 17.6. The van der Waals surface area contributed by atoms with Crippen molar-refractivity contribution in [3.8, 4) is 17.2 Å². The molecule has 198 valence electrons. The SMILES string of the molecule is C/C=C(/C)C(=O)O[C@H]1c2cc3c(c4c2[C@@](C(=O)C(=O)OC)(CO4)/C(=C/C(=O)OC)C[C@@H](C)[C@H]1C)OCO3. The fourth-order valence-electron chi connectivity index (χ4n) is 5.10. The molecule has 0 spiro atoms. The molecular weight excluding hydrogens is 484 g/mol. The van der Waals surface area contributed by atoms with Crippen LogP contribution < -0.4 is 14.2 Å². The molecule has 1 aliphatic carbocycles. The molecule has 0 bridgehead atoms. The number of methoxy groups -OCH3 is 2. The van der Waals surface area contributed by atoms with Crippen LogP contribution in [0.3, 0.4) is 0 Å². The monoisotopic (exact) mass is 514 g/mol. The Kier molecular flexibility index (Phi) is 7.03. The fourth-order valence-corrected chi connectivity index (χ4v) is 5.10. The van der Waals surface area contributed by atoms with Crippen molar-refractivity contribution in [3.63, 3.8) is 0 Å². The van der Waals surface area contributed by atoms with Gasteiger partial charge in [-0.15, -0.1) is 0 Å². The summed E-state index contributed by atoms with van der Waals surface area (Å²) in [6.45, 7) is 6.86. The van der Waals surface area contributed by atoms with Gasteiger partial charge in [-0.2, -0.15) is 0 Å². The van der Waals surface area contributed by atoms with E-state index in [1.807, 2.05) is 13.8 Å². The highest BCUT2D eigenvalue weighted by atomic mass is 16.7. The smallest absolute Gasteiger partial charge is 0.375 e. The minimum atomic E-state index is -1.73. The summed E-state index contributed by atoms with van der Waals surface area (Å²) in [6, 6.07) is 1.66. The quantitative estimate of drug-likeness (QED) is 0.251. The molecule has 4 atom stereocenters. The van der Waals surface area contributed by atoms with E-state index in [4.69, 9.17) is 28.4 Å². The lowest BCUT2D eigenvalue weighted by Crippen LogP contribution is -2.47. The number of hydrogen-bond donors (Lipinski definition) is 0. The van der Waals surface area contributed by atoms with Crippen molar-refractivity contribution in [2.24, 2.45) is 11.8 Å². The average molecular weight is 515 g/mol. The van der Waals surface area contributed by atoms with E-state index < -0.39 is 35.2 Å². The standard InChI is InChI=1S/C27H30O10/c1-7-13(2)25(30)37-21-15(4)14(3)8-16(9-19(28)32-5)27(24(29)26(31)33-6)11-34-23-20(27)17(21)10-18-22(23)36-12-35-18/h7,9-10,14-15,21H,8,11-12H2,1-6H3/b13-7-,16-9+/t14-,15-,21-,27-/m1/s1. The van der Waals surface area contributed by atoms with Crippen LogP contribution in [0.2, 0.25) is 0 Å². The molecule has 37 heavy (non-hydrogen) atoms. The number of ketones is 1. The Morgan fingerprint density at radius 2 is 1.76 bits per heavy atom. The van der Waals surface area contributed by atoms with Crippen LogP contribution in [0.15, 0.2) is 29.4 Å². The molecule has 0 aromatic heterocycles. The number of allylic oxidation sites excluding steroid dienone is 1. The number of fused-ring (bicyclic) bond motifs is 2. The molecule has 0 N–H and O–H groups in total. The van der Waals surface area contributed by atoms with Gasteiger partial charge in [-0.3, -0.25) is 4.79 Å². The first-order valence-corrected chi connectivity index (χ1v) is 12.0. The second-order valence-electron chi connectivity index (χ2n) is 9.45. The van der Waals surface area contributed by atoms with Crippen LogP contribution in [0.5, 0.6) is 17.2 Å². The van der Waals surface area contributed by atoms with Crippen molar-refractivity contribution < 1.29 is 47.6 Å². The zero-order valence-corrected chi connectivity index (χ0v) is 21.7. The summed E-state index contributed by atoms with van der Waals surface area (Å²) in [5.74, 6) is -2.87. The lowest BCUT2D eigenvalue weighted by Gasteiger charge is -2.39. The molecule has 0 unspecified atom stereocenters. The van der Waals surface area contributed by atoms with Crippen molar-refractivity contribution in [2.75, 3.05) is 27.6 Å². The molecule has 0 fully saturated rings. The highest BCUT2D eigenvalue weighted by molar-refractivity contribution is 6.38. The molecule has 2 heterocycles. The number of esters is 3. The Morgan fingerprint density at radius 3 is 2.41 bits per heavy atom. The first kappa shape index (κ1) is 26.2. The molecule has 4 rings (SSSR count). The number of carbonyl (C=O) groups excluding carboxylic acids is 4. The molecule has 0 radical (unpaired) electrons. The van der Waals surface area contributed by atoms with Gasteiger partial charge in [0, 0.05) is 28.7 Å². The molecule has 0 amide bonds. The third-order valence-corrected chi connectivity index (χ3v) is 7.52. The van der Waals surface area contributed by atoms with Crippen molar-refractivity contribution in [1.82, 2.24) is 0 Å². The van der Waals surface area contributed by atoms with Crippen LogP contribution >= 0.6 is 0 Å². The van der Waals surface area contributed by atoms with Gasteiger partial charge in [0.2, 0.25) is 12.5 Å². The molecule has 0 saturated heterocycles. The summed E-state index contributed by atoms with van der Waals surface area (Å²) < 4.78 is 33.1. The van der Waals surface area contributed by atoms with E-state index in [0.29, 0.717) is 22.5 Å². The van der Waals surface area contributed by atoms with E-state index in [1.165, 1.54) is 13.2 Å². The average Bonchev–Trinajstić information content (AvgIpc) is 3.53. The number of rotatable bonds is 5. The molecule has 3 aliphatic rings. The lowest BCUT2D eigenvalue weighted by atomic mass is 9.63. The highest BCUT2D eigenvalue weighted by Gasteiger charge is 2.58. The van der Waals surface area contributed by atoms with Gasteiger partial charge in [0.1, 0.15) is 18.1 Å². The largest absolute Gasteiger partial charge is 0.487 e. The number of Topliss-reactive ketones (excluding diaryl/α,β-unsaturated/α-hetero) is 1. The topological polar surface area (TPSA) is 124 Å². The van der Waals surface area contributed by atoms with E-state index in [9.17, 15) is 19.2 Å². The van der Waals surface area contributed by atoms with Crippen molar-refractivity contribution in [3.05, 3.63) is 40.5 Å². The fraction of sp³-hybridized carbons (Fsp3) is 0.481. The number of hydrogen-bond acceptors (Lipinski definition) is 10. The van der Waals surface area contributed by atoms with Crippen molar-refractivity contribution >= 4 is 23.7 Å². The van der Waals surface area contributed by atoms with E-state index in [0.717, 1.165) is 7.11 Å². The molecule has 1 aromatic carbocycles. The Hall–Kier alpha value is -3.82. The van der Waals surface area contributed by atoms with Gasteiger partial charge in [-0.25, -0.2) is 14.4 Å². The second-order valence-corrected chi connectivity index (χ2v) is 9.45. The Balaban J connectivity index is 2.08. The summed E-state index contributed by atoms with van der Waals surface area (Å²) in [5.41, 5.74) is -0.263. The lowest BCUT2D eigenvalue weighted by molar-refractivity contribution is -0.154. The van der Waals surface area contributed by atoms with Gasteiger partial charge < -0.3 is 28.4 Å². The van der Waals surface area contributed by atoms with Gasteiger partial charge in [0.25, 0.3) is 5.78 Å². The van der Waals surface area contributed by atoms with Crippen LogP contribution in [0.4, 0.5) is 0 Å². The predicted octanol–water partition coefficient (Wildman–Crippen LogP) is 3.11. The normalized spacial score (nSPS) is 26.9.